The van der Waals surface area contributed by atoms with Gasteiger partial charge in [0, 0.05) is 24.5 Å². The van der Waals surface area contributed by atoms with Gasteiger partial charge in [-0.25, -0.2) is 0 Å². The highest BCUT2D eigenvalue weighted by molar-refractivity contribution is 7.99. The van der Waals surface area contributed by atoms with Crippen molar-refractivity contribution in [1.82, 2.24) is 9.80 Å². The molecule has 5 nitrogen and oxygen atoms in total. The summed E-state index contributed by atoms with van der Waals surface area (Å²) in [5.74, 6) is 3.22. The first-order valence-corrected chi connectivity index (χ1v) is 9.47. The highest BCUT2D eigenvalue weighted by atomic mass is 32.2. The molecule has 1 aliphatic rings. The number of aryl methyl sites for hydroxylation is 1. The van der Waals surface area contributed by atoms with Gasteiger partial charge in [-0.3, -0.25) is 14.5 Å². The number of fused-ring (bicyclic) bond motifs is 1. The minimum Gasteiger partial charge on any atom is -0.465 e. The van der Waals surface area contributed by atoms with E-state index >= 15 is 0 Å². The number of nitrogens with zero attached hydrogens (tertiary/aromatic N) is 2. The van der Waals surface area contributed by atoms with Gasteiger partial charge in [-0.1, -0.05) is 12.1 Å². The Morgan fingerprint density at radius 2 is 1.60 bits per heavy atom. The van der Waals surface area contributed by atoms with Crippen LogP contribution in [0.3, 0.4) is 0 Å². The summed E-state index contributed by atoms with van der Waals surface area (Å²) in [6.45, 7) is 1.24. The van der Waals surface area contributed by atoms with E-state index in [4.69, 9.17) is 4.42 Å². The van der Waals surface area contributed by atoms with Crippen LogP contribution in [0.2, 0.25) is 0 Å². The van der Waals surface area contributed by atoms with Gasteiger partial charge in [-0.05, 0) is 38.4 Å². The summed E-state index contributed by atoms with van der Waals surface area (Å²) in [6, 6.07) is 11.0. The molecule has 0 fully saturated rings. The Bertz CT molecular complexity index is 735. The molecular weight excluding hydrogens is 336 g/mol. The normalized spacial score (nSPS) is 13.8. The van der Waals surface area contributed by atoms with Crippen LogP contribution in [0, 0.1) is 0 Å². The zero-order valence-electron chi connectivity index (χ0n) is 14.5. The van der Waals surface area contributed by atoms with Gasteiger partial charge in [0.15, 0.2) is 0 Å². The van der Waals surface area contributed by atoms with Gasteiger partial charge in [0.1, 0.15) is 11.5 Å². The molecule has 0 spiro atoms. The zero-order chi connectivity index (χ0) is 17.8. The molecule has 2 aromatic rings. The van der Waals surface area contributed by atoms with Crippen molar-refractivity contribution in [2.75, 3.05) is 32.1 Å². The van der Waals surface area contributed by atoms with Crippen molar-refractivity contribution >= 4 is 23.6 Å². The molecule has 0 saturated carbocycles. The average Bonchev–Trinajstić information content (AvgIpc) is 3.12. The van der Waals surface area contributed by atoms with Gasteiger partial charge in [-0.2, -0.15) is 11.8 Å². The molecule has 0 bridgehead atoms. The quantitative estimate of drug-likeness (QED) is 0.536. The molecule has 6 heteroatoms. The van der Waals surface area contributed by atoms with Crippen LogP contribution in [-0.2, 0) is 13.0 Å². The molecule has 132 valence electrons. The van der Waals surface area contributed by atoms with E-state index in [1.165, 1.54) is 4.90 Å². The molecule has 1 aliphatic heterocycles. The minimum absolute atomic E-state index is 0.180. The van der Waals surface area contributed by atoms with E-state index in [0.29, 0.717) is 17.7 Å². The zero-order valence-corrected chi connectivity index (χ0v) is 15.3. The molecule has 1 aromatic carbocycles. The molecule has 0 unspecified atom stereocenters. The number of furan rings is 1. The maximum absolute atomic E-state index is 12.3. The Morgan fingerprint density at radius 3 is 2.24 bits per heavy atom. The van der Waals surface area contributed by atoms with Gasteiger partial charge in [0.05, 0.1) is 17.7 Å². The molecule has 2 heterocycles. The Kier molecular flexibility index (Phi) is 5.60. The second-order valence-corrected chi connectivity index (χ2v) is 7.50. The number of hydrogen-bond donors (Lipinski definition) is 0. The first-order chi connectivity index (χ1) is 12.1. The maximum Gasteiger partial charge on any atom is 0.261 e. The van der Waals surface area contributed by atoms with Crippen molar-refractivity contribution in [2.45, 2.75) is 13.0 Å². The third kappa shape index (κ3) is 4.14. The molecule has 2 amide bonds. The monoisotopic (exact) mass is 358 g/mol. The van der Waals surface area contributed by atoms with Gasteiger partial charge in [-0.15, -0.1) is 0 Å². The molecule has 0 radical (unpaired) electrons. The largest absolute Gasteiger partial charge is 0.465 e. The summed E-state index contributed by atoms with van der Waals surface area (Å²) in [7, 11) is 4.02. The Hall–Kier alpha value is -2.05. The SMILES string of the molecule is CN(C)Cc1ccc(CCSCCN2C(=O)c3ccccc3C2=O)o1. The lowest BCUT2D eigenvalue weighted by Gasteiger charge is -2.13. The van der Waals surface area contributed by atoms with Crippen LogP contribution >= 0.6 is 11.8 Å². The molecule has 0 aliphatic carbocycles. The van der Waals surface area contributed by atoms with Crippen LogP contribution in [0.25, 0.3) is 0 Å². The van der Waals surface area contributed by atoms with E-state index in [1.807, 2.05) is 26.2 Å². The summed E-state index contributed by atoms with van der Waals surface area (Å²) < 4.78 is 5.78. The third-order valence-electron chi connectivity index (χ3n) is 4.02. The van der Waals surface area contributed by atoms with Crippen molar-refractivity contribution in [3.8, 4) is 0 Å². The fraction of sp³-hybridized carbons (Fsp3) is 0.368. The third-order valence-corrected chi connectivity index (χ3v) is 4.98. The van der Waals surface area contributed by atoms with Gasteiger partial charge in [0.25, 0.3) is 11.8 Å². The van der Waals surface area contributed by atoms with Crippen molar-refractivity contribution in [3.63, 3.8) is 0 Å². The van der Waals surface area contributed by atoms with Crippen LogP contribution in [0.1, 0.15) is 32.2 Å². The van der Waals surface area contributed by atoms with E-state index in [9.17, 15) is 9.59 Å². The summed E-state index contributed by atoms with van der Waals surface area (Å²) in [6.07, 6.45) is 0.847. The lowest BCUT2D eigenvalue weighted by atomic mass is 10.1. The van der Waals surface area contributed by atoms with Crippen molar-refractivity contribution in [1.29, 1.82) is 0 Å². The molecule has 0 N–H and O–H groups in total. The number of amides is 2. The highest BCUT2D eigenvalue weighted by Gasteiger charge is 2.34. The van der Waals surface area contributed by atoms with E-state index in [2.05, 4.69) is 4.90 Å². The van der Waals surface area contributed by atoms with E-state index in [-0.39, 0.29) is 11.8 Å². The Morgan fingerprint density at radius 1 is 0.960 bits per heavy atom. The number of rotatable bonds is 8. The van der Waals surface area contributed by atoms with Gasteiger partial charge < -0.3 is 9.32 Å². The lowest BCUT2D eigenvalue weighted by molar-refractivity contribution is 0.0664. The van der Waals surface area contributed by atoms with Crippen LogP contribution in [0.15, 0.2) is 40.8 Å². The Balaban J connectivity index is 1.41. The van der Waals surface area contributed by atoms with Crippen LogP contribution in [0.5, 0.6) is 0 Å². The van der Waals surface area contributed by atoms with Crippen LogP contribution in [0.4, 0.5) is 0 Å². The number of carbonyl (C=O) groups is 2. The fourth-order valence-corrected chi connectivity index (χ4v) is 3.69. The molecule has 0 atom stereocenters. The van der Waals surface area contributed by atoms with Crippen LogP contribution < -0.4 is 0 Å². The second kappa shape index (κ2) is 7.89. The van der Waals surface area contributed by atoms with E-state index < -0.39 is 0 Å². The Labute approximate surface area is 152 Å². The average molecular weight is 358 g/mol. The predicted molar refractivity (Wildman–Crippen MR) is 98.9 cm³/mol. The van der Waals surface area contributed by atoms with Crippen molar-refractivity contribution in [2.24, 2.45) is 0 Å². The van der Waals surface area contributed by atoms with Crippen LogP contribution in [-0.4, -0.2) is 53.8 Å². The standard InChI is InChI=1S/C19H22N2O3S/c1-20(2)13-15-8-7-14(24-15)9-11-25-12-10-21-18(22)16-5-3-4-6-17(16)19(21)23/h3-8H,9-13H2,1-2H3. The molecule has 1 aromatic heterocycles. The first-order valence-electron chi connectivity index (χ1n) is 8.31. The number of hydrogen-bond acceptors (Lipinski definition) is 5. The number of benzene rings is 1. The lowest BCUT2D eigenvalue weighted by Crippen LogP contribution is -2.31. The molecule has 0 saturated heterocycles. The number of thioether (sulfide) groups is 1. The second-order valence-electron chi connectivity index (χ2n) is 6.28. The first kappa shape index (κ1) is 17.8. The summed E-state index contributed by atoms with van der Waals surface area (Å²) >= 11 is 1.72. The fourth-order valence-electron chi connectivity index (χ4n) is 2.83. The highest BCUT2D eigenvalue weighted by Crippen LogP contribution is 2.22. The summed E-state index contributed by atoms with van der Waals surface area (Å²) in [5.41, 5.74) is 1.03. The van der Waals surface area contributed by atoms with E-state index in [0.717, 1.165) is 36.0 Å². The molecular formula is C19H22N2O3S. The summed E-state index contributed by atoms with van der Waals surface area (Å²) in [4.78, 5) is 27.9. The molecule has 3 rings (SSSR count). The number of carbonyl (C=O) groups excluding carboxylic acids is 2. The van der Waals surface area contributed by atoms with Gasteiger partial charge >= 0.3 is 0 Å². The molecule has 25 heavy (non-hydrogen) atoms. The predicted octanol–water partition coefficient (Wildman–Crippen LogP) is 2.91. The number of imide groups is 1. The minimum atomic E-state index is -0.180. The van der Waals surface area contributed by atoms with Gasteiger partial charge in [0.2, 0.25) is 0 Å². The smallest absolute Gasteiger partial charge is 0.261 e. The van der Waals surface area contributed by atoms with Crippen molar-refractivity contribution in [3.05, 3.63) is 59.0 Å². The topological polar surface area (TPSA) is 53.8 Å². The van der Waals surface area contributed by atoms with Crippen molar-refractivity contribution < 1.29 is 14.0 Å². The van der Waals surface area contributed by atoms with E-state index in [1.54, 1.807) is 36.0 Å². The summed E-state index contributed by atoms with van der Waals surface area (Å²) in [5, 5.41) is 0. The maximum atomic E-state index is 12.3.